The van der Waals surface area contributed by atoms with Crippen LogP contribution in [-0.4, -0.2) is 163 Å². The van der Waals surface area contributed by atoms with Gasteiger partial charge >= 0.3 is 5.97 Å². The average molecular weight is 962 g/mol. The average Bonchev–Trinajstić information content (AvgIpc) is 3.94. The number of esters is 1. The number of ether oxygens (including phenoxy) is 4. The van der Waals surface area contributed by atoms with Gasteiger partial charge in [-0.25, -0.2) is 10.4 Å². The summed E-state index contributed by atoms with van der Waals surface area (Å²) in [5.41, 5.74) is 10.3. The number of aryl methyl sites for hydroxylation is 1. The molecule has 5 saturated heterocycles. The number of fused-ring (bicyclic) bond motifs is 4. The summed E-state index contributed by atoms with van der Waals surface area (Å²) in [6.07, 6.45) is 2.78. The van der Waals surface area contributed by atoms with Crippen LogP contribution in [0.25, 0.3) is 33.4 Å². The molecule has 16 nitrogen and oxygen atoms in total. The zero-order chi connectivity index (χ0) is 48.1. The van der Waals surface area contributed by atoms with E-state index >= 15 is 4.79 Å². The van der Waals surface area contributed by atoms with Crippen molar-refractivity contribution < 1.29 is 33.3 Å². The van der Waals surface area contributed by atoms with E-state index in [0.29, 0.717) is 70.3 Å². The molecule has 69 heavy (non-hydrogen) atoms. The molecule has 6 fully saturated rings. The van der Waals surface area contributed by atoms with Crippen molar-refractivity contribution in [3.8, 4) is 34.4 Å². The number of methoxy groups -OCH3 is 1. The third-order valence-electron chi connectivity index (χ3n) is 15.2. The van der Waals surface area contributed by atoms with Gasteiger partial charge in [-0.05, 0) is 69.8 Å². The number of nitrogens with one attached hydrogen (secondary N) is 2. The maximum Gasteiger partial charge on any atom is 0.325 e. The number of cyclic esters (lactones) is 1. The number of hydrogen-bond donors (Lipinski definition) is 2. The second kappa shape index (κ2) is 19.8. The molecular weight excluding hydrogens is 895 g/mol. The number of likely N-dealkylation sites (N-methyl/N-ethyl adjacent to an activating group) is 1. The summed E-state index contributed by atoms with van der Waals surface area (Å²) in [5, 5.41) is 8.61. The second-order valence-corrected chi connectivity index (χ2v) is 21.6. The van der Waals surface area contributed by atoms with Crippen LogP contribution < -0.4 is 10.7 Å². The summed E-state index contributed by atoms with van der Waals surface area (Å²) in [6.45, 7) is 18.5. The third-order valence-corrected chi connectivity index (χ3v) is 16.2. The second-order valence-electron chi connectivity index (χ2n) is 20.7. The van der Waals surface area contributed by atoms with Crippen molar-refractivity contribution in [3.05, 3.63) is 57.7 Å². The highest BCUT2D eigenvalue weighted by molar-refractivity contribution is 7.10. The SMILES string of the molecule is CCn1c(-c2cc(C#CCN3CCN(C)CC3)cnc2[C@H](C)OC)c2c3cc(ccc31)-c1csc(n1)[C@@H](N1CCOCC1)[C@H](NC(=O)[C@H]1OC[C@@H]1C)C(=O)N1N[C@H](C(=O)OCC(C)(C)C2)C2CC1C2. The van der Waals surface area contributed by atoms with Crippen LogP contribution in [-0.2, 0) is 46.3 Å². The Morgan fingerprint density at radius 3 is 2.59 bits per heavy atom. The van der Waals surface area contributed by atoms with E-state index in [1.54, 1.807) is 12.1 Å². The van der Waals surface area contributed by atoms with E-state index in [-0.39, 0.29) is 42.4 Å². The van der Waals surface area contributed by atoms with Crippen LogP contribution in [0, 0.1) is 29.1 Å². The van der Waals surface area contributed by atoms with E-state index in [4.69, 9.17) is 28.9 Å². The Hall–Kier alpha value is -4.77. The number of aromatic nitrogens is 3. The largest absolute Gasteiger partial charge is 0.464 e. The number of piperazine rings is 1. The maximum atomic E-state index is 15.2. The first-order chi connectivity index (χ1) is 33.3. The lowest BCUT2D eigenvalue weighted by molar-refractivity contribution is -0.174. The fraction of sp³-hybridized carbons (Fsp3) is 0.596. The molecule has 368 valence electrons. The fourth-order valence-corrected chi connectivity index (χ4v) is 12.0. The molecule has 6 atom stereocenters. The normalized spacial score (nSPS) is 28.2. The summed E-state index contributed by atoms with van der Waals surface area (Å²) >= 11 is 1.49. The first kappa shape index (κ1) is 47.9. The van der Waals surface area contributed by atoms with Crippen molar-refractivity contribution in [2.45, 2.75) is 96.8 Å². The molecule has 9 heterocycles. The van der Waals surface area contributed by atoms with Crippen molar-refractivity contribution in [3.63, 3.8) is 0 Å². The third kappa shape index (κ3) is 9.47. The number of hydrazine groups is 1. The van der Waals surface area contributed by atoms with Crippen molar-refractivity contribution >= 4 is 40.0 Å². The van der Waals surface area contributed by atoms with Crippen molar-refractivity contribution in [2.24, 2.45) is 17.3 Å². The van der Waals surface area contributed by atoms with Gasteiger partial charge in [-0.15, -0.1) is 11.3 Å². The smallest absolute Gasteiger partial charge is 0.325 e. The Balaban J connectivity index is 1.11. The Kier molecular flexibility index (Phi) is 13.7. The lowest BCUT2D eigenvalue weighted by atomic mass is 9.73. The summed E-state index contributed by atoms with van der Waals surface area (Å²) in [4.78, 5) is 61.0. The highest BCUT2D eigenvalue weighted by atomic mass is 32.1. The van der Waals surface area contributed by atoms with E-state index < -0.39 is 35.6 Å². The van der Waals surface area contributed by atoms with E-state index in [1.165, 1.54) is 11.3 Å². The van der Waals surface area contributed by atoms with Gasteiger partial charge in [0.2, 0.25) is 5.91 Å². The van der Waals surface area contributed by atoms with Gasteiger partial charge in [0.1, 0.15) is 23.2 Å². The number of thiazole rings is 1. The summed E-state index contributed by atoms with van der Waals surface area (Å²) in [7, 11) is 3.87. The first-order valence-corrected chi connectivity index (χ1v) is 25.7. The van der Waals surface area contributed by atoms with Crippen LogP contribution in [0.15, 0.2) is 35.8 Å². The van der Waals surface area contributed by atoms with Crippen LogP contribution in [0.1, 0.15) is 81.4 Å². The van der Waals surface area contributed by atoms with E-state index in [9.17, 15) is 9.59 Å². The Bertz CT molecular complexity index is 2640. The zero-order valence-corrected chi connectivity index (χ0v) is 41.9. The number of amides is 2. The minimum Gasteiger partial charge on any atom is -0.464 e. The van der Waals surface area contributed by atoms with Gasteiger partial charge in [-0.2, -0.15) is 0 Å². The Morgan fingerprint density at radius 1 is 1.10 bits per heavy atom. The van der Waals surface area contributed by atoms with E-state index in [0.717, 1.165) is 76.4 Å². The predicted molar refractivity (Wildman–Crippen MR) is 263 cm³/mol. The molecular formula is C52H67N9O7S. The van der Waals surface area contributed by atoms with Crippen molar-refractivity contribution in [1.82, 2.24) is 45.0 Å². The molecule has 0 unspecified atom stereocenters. The lowest BCUT2D eigenvalue weighted by Crippen LogP contribution is -2.72. The van der Waals surface area contributed by atoms with Gasteiger partial charge in [-0.1, -0.05) is 38.7 Å². The number of rotatable bonds is 8. The molecule has 6 aliphatic heterocycles. The number of nitrogens with zero attached hydrogens (tertiary/aromatic N) is 7. The molecule has 2 N–H and O–H groups in total. The number of benzene rings is 1. The van der Waals surface area contributed by atoms with Crippen LogP contribution in [0.2, 0.25) is 0 Å². The van der Waals surface area contributed by atoms with Crippen molar-refractivity contribution in [1.29, 1.82) is 0 Å². The monoisotopic (exact) mass is 961 g/mol. The standard InChI is InChI=1S/C52H67N9O7S/c1-8-60-41-12-11-34-25-37(41)39(45(60)38-22-33(27-53-42(38)32(3)65-7)10-9-13-58-16-14-57(6)15-17-58)26-52(4,5)30-68-51(64)43-35-23-36(24-35)61(56-43)50(63)44(55-48(62)47-31(2)28-67-47)46(49-54-40(34)29-69-49)59-18-20-66-21-19-59/h11-12,22,25,27,29,31-32,35-36,43-44,46-47,56H,8,13-21,23-24,26,28,30H2,1-7H3,(H,55,62)/t31-,32-,35?,36?,43-,44-,46-,47-/m0/s1. The van der Waals surface area contributed by atoms with Gasteiger partial charge in [0.05, 0.1) is 62.2 Å². The quantitative estimate of drug-likeness (QED) is 0.186. The highest BCUT2D eigenvalue weighted by Crippen LogP contribution is 2.44. The molecule has 1 aliphatic carbocycles. The van der Waals surface area contributed by atoms with Crippen LogP contribution in [0.4, 0.5) is 0 Å². The van der Waals surface area contributed by atoms with Crippen LogP contribution >= 0.6 is 11.3 Å². The maximum absolute atomic E-state index is 15.2. The van der Waals surface area contributed by atoms with E-state index in [1.807, 2.05) is 20.0 Å². The summed E-state index contributed by atoms with van der Waals surface area (Å²) in [6, 6.07) is 6.19. The van der Waals surface area contributed by atoms with Gasteiger partial charge in [0, 0.05) is 109 Å². The number of morpholine rings is 1. The minimum atomic E-state index is -1.04. The Labute approximate surface area is 409 Å². The molecule has 17 heteroatoms. The molecule has 7 aliphatic rings. The molecule has 2 amide bonds. The number of carbonyl (C=O) groups is 3. The number of hydrogen-bond acceptors (Lipinski definition) is 14. The van der Waals surface area contributed by atoms with Gasteiger partial charge in [0.15, 0.2) is 0 Å². The number of carbonyl (C=O) groups excluding carboxylic acids is 3. The lowest BCUT2D eigenvalue weighted by Gasteiger charge is -2.53. The first-order valence-electron chi connectivity index (χ1n) is 24.8. The fourth-order valence-electron chi connectivity index (χ4n) is 11.0. The molecule has 8 bridgehead atoms. The molecule has 0 spiro atoms. The molecule has 11 rings (SSSR count). The van der Waals surface area contributed by atoms with Gasteiger partial charge in [-0.3, -0.25) is 34.2 Å². The zero-order valence-electron chi connectivity index (χ0n) is 41.1. The molecule has 0 radical (unpaired) electrons. The summed E-state index contributed by atoms with van der Waals surface area (Å²) in [5.74, 6) is 5.91. The topological polar surface area (TPSA) is 156 Å². The minimum absolute atomic E-state index is 0.0143. The predicted octanol–water partition coefficient (Wildman–Crippen LogP) is 4.67. The molecule has 3 aromatic heterocycles. The summed E-state index contributed by atoms with van der Waals surface area (Å²) < 4.78 is 26.2. The number of pyridine rings is 1. The van der Waals surface area contributed by atoms with Crippen LogP contribution in [0.3, 0.4) is 0 Å². The van der Waals surface area contributed by atoms with Gasteiger partial charge < -0.3 is 33.7 Å². The molecule has 1 saturated carbocycles. The highest BCUT2D eigenvalue weighted by Gasteiger charge is 2.53. The molecule has 4 aromatic rings. The Morgan fingerprint density at radius 2 is 1.88 bits per heavy atom. The molecule has 1 aromatic carbocycles. The van der Waals surface area contributed by atoms with Crippen LogP contribution in [0.5, 0.6) is 0 Å². The van der Waals surface area contributed by atoms with Crippen molar-refractivity contribution in [2.75, 3.05) is 86.4 Å². The van der Waals surface area contributed by atoms with E-state index in [2.05, 4.69) is 99.3 Å². The van der Waals surface area contributed by atoms with Gasteiger partial charge in [0.25, 0.3) is 5.91 Å².